The van der Waals surface area contributed by atoms with Gasteiger partial charge in [-0.3, -0.25) is 10.1 Å². The zero-order valence-electron chi connectivity index (χ0n) is 9.31. The van der Waals surface area contributed by atoms with Gasteiger partial charge in [-0.15, -0.1) is 0 Å². The van der Waals surface area contributed by atoms with Crippen LogP contribution in [0.15, 0.2) is 12.1 Å². The first-order chi connectivity index (χ1) is 7.88. The van der Waals surface area contributed by atoms with Crippen molar-refractivity contribution in [2.24, 2.45) is 0 Å². The predicted molar refractivity (Wildman–Crippen MR) is 64.0 cm³/mol. The van der Waals surface area contributed by atoms with Crippen molar-refractivity contribution in [1.29, 1.82) is 0 Å². The maximum absolute atomic E-state index is 11.1. The maximum atomic E-state index is 11.1. The molecule has 7 heteroatoms. The number of nitro benzene ring substituents is 1. The average molecular weight is 259 g/mol. The fourth-order valence-electron chi connectivity index (χ4n) is 1.40. The number of anilines is 1. The number of nitro groups is 1. The van der Waals surface area contributed by atoms with Gasteiger partial charge in [-0.1, -0.05) is 11.6 Å². The van der Waals surface area contributed by atoms with E-state index in [1.165, 1.54) is 0 Å². The molecule has 6 nitrogen and oxygen atoms in total. The van der Waals surface area contributed by atoms with E-state index in [1.807, 2.05) is 6.92 Å². The van der Waals surface area contributed by atoms with Crippen LogP contribution >= 0.6 is 11.6 Å². The Balaban J connectivity index is 3.49. The molecule has 0 saturated carbocycles. The number of aromatic carboxylic acids is 1. The van der Waals surface area contributed by atoms with Gasteiger partial charge in [0.2, 0.25) is 0 Å². The van der Waals surface area contributed by atoms with Gasteiger partial charge < -0.3 is 10.0 Å². The van der Waals surface area contributed by atoms with E-state index >= 15 is 0 Å². The highest BCUT2D eigenvalue weighted by molar-refractivity contribution is 6.34. The van der Waals surface area contributed by atoms with Gasteiger partial charge in [0.15, 0.2) is 0 Å². The molecule has 0 bridgehead atoms. The van der Waals surface area contributed by atoms with E-state index in [0.717, 1.165) is 12.1 Å². The van der Waals surface area contributed by atoms with Gasteiger partial charge in [-0.05, 0) is 6.92 Å². The zero-order valence-corrected chi connectivity index (χ0v) is 10.1. The Morgan fingerprint density at radius 1 is 1.59 bits per heavy atom. The smallest absolute Gasteiger partial charge is 0.338 e. The summed E-state index contributed by atoms with van der Waals surface area (Å²) in [5.74, 6) is -1.24. The minimum absolute atomic E-state index is 0.0564. The van der Waals surface area contributed by atoms with Crippen molar-refractivity contribution in [2.75, 3.05) is 18.5 Å². The Morgan fingerprint density at radius 3 is 2.59 bits per heavy atom. The first-order valence-corrected chi connectivity index (χ1v) is 5.18. The quantitative estimate of drug-likeness (QED) is 0.662. The fourth-order valence-corrected chi connectivity index (χ4v) is 1.76. The van der Waals surface area contributed by atoms with Gasteiger partial charge in [0.05, 0.1) is 21.2 Å². The molecule has 0 aliphatic carbocycles. The zero-order chi connectivity index (χ0) is 13.2. The molecular formula is C10H11ClN2O4. The van der Waals surface area contributed by atoms with Gasteiger partial charge in [-0.2, -0.15) is 0 Å². The van der Waals surface area contributed by atoms with E-state index < -0.39 is 10.9 Å². The summed E-state index contributed by atoms with van der Waals surface area (Å²) in [6.45, 7) is 2.36. The molecule has 1 aromatic rings. The first-order valence-electron chi connectivity index (χ1n) is 4.80. The van der Waals surface area contributed by atoms with Crippen molar-refractivity contribution < 1.29 is 14.8 Å². The molecule has 0 amide bonds. The largest absolute Gasteiger partial charge is 0.478 e. The van der Waals surface area contributed by atoms with Crippen LogP contribution in [0.25, 0.3) is 0 Å². The summed E-state index contributed by atoms with van der Waals surface area (Å²) < 4.78 is 0. The summed E-state index contributed by atoms with van der Waals surface area (Å²) in [5, 5.41) is 19.7. The van der Waals surface area contributed by atoms with Crippen LogP contribution in [-0.4, -0.2) is 29.6 Å². The predicted octanol–water partition coefficient (Wildman–Crippen LogP) is 2.40. The highest BCUT2D eigenvalue weighted by atomic mass is 35.5. The Morgan fingerprint density at radius 2 is 2.18 bits per heavy atom. The molecule has 0 aliphatic heterocycles. The summed E-state index contributed by atoms with van der Waals surface area (Å²) in [6.07, 6.45) is 0. The Bertz CT molecular complexity index is 476. The molecule has 0 atom stereocenters. The number of hydrogen-bond donors (Lipinski definition) is 1. The number of non-ortho nitro benzene ring substituents is 1. The van der Waals surface area contributed by atoms with Crippen molar-refractivity contribution in [3.05, 3.63) is 32.8 Å². The minimum atomic E-state index is -1.24. The third kappa shape index (κ3) is 2.65. The number of nitrogens with zero attached hydrogens (tertiary/aromatic N) is 2. The van der Waals surface area contributed by atoms with Crippen LogP contribution in [0.5, 0.6) is 0 Å². The Labute approximate surface area is 103 Å². The van der Waals surface area contributed by atoms with Crippen molar-refractivity contribution in [3.63, 3.8) is 0 Å². The topological polar surface area (TPSA) is 83.7 Å². The summed E-state index contributed by atoms with van der Waals surface area (Å²) in [7, 11) is 1.67. The molecule has 0 saturated heterocycles. The monoisotopic (exact) mass is 258 g/mol. The standard InChI is InChI=1S/C10H11ClN2O4/c1-3-12(2)9-7(10(14)15)4-6(13(16)17)5-8(9)11/h4-5H,3H2,1-2H3,(H,14,15). The van der Waals surface area contributed by atoms with Crippen LogP contribution in [0.2, 0.25) is 5.02 Å². The van der Waals surface area contributed by atoms with E-state index in [4.69, 9.17) is 16.7 Å². The van der Waals surface area contributed by atoms with Crippen LogP contribution in [0, 0.1) is 10.1 Å². The number of rotatable bonds is 4. The lowest BCUT2D eigenvalue weighted by Crippen LogP contribution is -2.19. The molecular weight excluding hydrogens is 248 g/mol. The van der Waals surface area contributed by atoms with Crippen LogP contribution < -0.4 is 4.90 Å². The second-order valence-corrected chi connectivity index (χ2v) is 3.81. The molecule has 0 heterocycles. The van der Waals surface area contributed by atoms with Gasteiger partial charge >= 0.3 is 5.97 Å². The molecule has 1 aromatic carbocycles. The molecule has 0 fully saturated rings. The second kappa shape index (κ2) is 5.01. The summed E-state index contributed by atoms with van der Waals surface area (Å²) >= 11 is 5.89. The molecule has 0 unspecified atom stereocenters. The first kappa shape index (κ1) is 13.2. The van der Waals surface area contributed by atoms with Crippen molar-refractivity contribution in [2.45, 2.75) is 6.92 Å². The maximum Gasteiger partial charge on any atom is 0.338 e. The van der Waals surface area contributed by atoms with Gasteiger partial charge in [0.25, 0.3) is 5.69 Å². The van der Waals surface area contributed by atoms with Crippen molar-refractivity contribution in [1.82, 2.24) is 0 Å². The third-order valence-electron chi connectivity index (χ3n) is 2.35. The summed E-state index contributed by atoms with van der Waals surface area (Å²) in [5.41, 5.74) is -0.221. The number of hydrogen-bond acceptors (Lipinski definition) is 4. The molecule has 0 aliphatic rings. The van der Waals surface area contributed by atoms with Gasteiger partial charge in [0.1, 0.15) is 0 Å². The van der Waals surface area contributed by atoms with E-state index in [-0.39, 0.29) is 22.0 Å². The highest BCUT2D eigenvalue weighted by Crippen LogP contribution is 2.33. The normalized spacial score (nSPS) is 10.1. The van der Waals surface area contributed by atoms with Gasteiger partial charge in [-0.25, -0.2) is 4.79 Å². The number of carbonyl (C=O) groups is 1. The lowest BCUT2D eigenvalue weighted by molar-refractivity contribution is -0.384. The van der Waals surface area contributed by atoms with E-state index in [9.17, 15) is 14.9 Å². The molecule has 92 valence electrons. The Hall–Kier alpha value is -1.82. The SMILES string of the molecule is CCN(C)c1c(Cl)cc([N+](=O)[O-])cc1C(=O)O. The van der Waals surface area contributed by atoms with E-state index in [0.29, 0.717) is 6.54 Å². The lowest BCUT2D eigenvalue weighted by Gasteiger charge is -2.20. The fraction of sp³-hybridized carbons (Fsp3) is 0.300. The summed E-state index contributed by atoms with van der Waals surface area (Å²) in [6, 6.07) is 2.16. The number of halogens is 1. The third-order valence-corrected chi connectivity index (χ3v) is 2.63. The van der Waals surface area contributed by atoms with Crippen LogP contribution in [0.1, 0.15) is 17.3 Å². The lowest BCUT2D eigenvalue weighted by atomic mass is 10.1. The average Bonchev–Trinajstić information content (AvgIpc) is 2.26. The van der Waals surface area contributed by atoms with Crippen LogP contribution in [0.3, 0.4) is 0 Å². The highest BCUT2D eigenvalue weighted by Gasteiger charge is 2.21. The van der Waals surface area contributed by atoms with Crippen LogP contribution in [-0.2, 0) is 0 Å². The number of carboxylic acids is 1. The molecule has 17 heavy (non-hydrogen) atoms. The van der Waals surface area contributed by atoms with E-state index in [1.54, 1.807) is 11.9 Å². The number of carboxylic acid groups (broad SMARTS) is 1. The van der Waals surface area contributed by atoms with Crippen LogP contribution in [0.4, 0.5) is 11.4 Å². The molecule has 0 spiro atoms. The molecule has 1 N–H and O–H groups in total. The van der Waals surface area contributed by atoms with Crippen molar-refractivity contribution >= 4 is 28.9 Å². The molecule has 1 rings (SSSR count). The Kier molecular flexibility index (Phi) is 3.90. The second-order valence-electron chi connectivity index (χ2n) is 3.40. The number of benzene rings is 1. The molecule has 0 aromatic heterocycles. The van der Waals surface area contributed by atoms with Gasteiger partial charge in [0, 0.05) is 25.7 Å². The van der Waals surface area contributed by atoms with E-state index in [2.05, 4.69) is 0 Å². The minimum Gasteiger partial charge on any atom is -0.478 e. The van der Waals surface area contributed by atoms with Crippen molar-refractivity contribution in [3.8, 4) is 0 Å². The molecule has 0 radical (unpaired) electrons. The summed E-state index contributed by atoms with van der Waals surface area (Å²) in [4.78, 5) is 22.6.